The molecule has 2 unspecified atom stereocenters. The number of aliphatic hydroxyl groups is 1. The van der Waals surface area contributed by atoms with Crippen LogP contribution in [0.5, 0.6) is 0 Å². The molecule has 1 aromatic carbocycles. The molecule has 1 aromatic rings. The summed E-state index contributed by atoms with van der Waals surface area (Å²) in [4.78, 5) is 11.8. The Morgan fingerprint density at radius 2 is 2.14 bits per heavy atom. The Bertz CT molecular complexity index is 483. The first-order chi connectivity index (χ1) is 10.5. The number of hydrogen-bond acceptors (Lipinski definition) is 3. The summed E-state index contributed by atoms with van der Waals surface area (Å²) >= 11 is 1.58. The molecule has 0 aromatic heterocycles. The average Bonchev–Trinajstić information content (AvgIpc) is 2.45. The van der Waals surface area contributed by atoms with Gasteiger partial charge in [0.25, 0.3) is 0 Å². The fourth-order valence-corrected chi connectivity index (χ4v) is 2.70. The van der Waals surface area contributed by atoms with Crippen LogP contribution in [0.15, 0.2) is 18.2 Å². The Hall–Kier alpha value is -1.34. The third kappa shape index (κ3) is 6.19. The molecular weight excluding hydrogens is 310 g/mol. The third-order valence-electron chi connectivity index (χ3n) is 3.24. The topological polar surface area (TPSA) is 61.4 Å². The number of thioether (sulfide) groups is 1. The van der Waals surface area contributed by atoms with Crippen LogP contribution in [0.4, 0.5) is 13.6 Å². The highest BCUT2D eigenvalue weighted by atomic mass is 32.2. The van der Waals surface area contributed by atoms with E-state index in [1.807, 2.05) is 6.26 Å². The summed E-state index contributed by atoms with van der Waals surface area (Å²) in [7, 11) is 0. The molecule has 0 fully saturated rings. The van der Waals surface area contributed by atoms with E-state index in [0.717, 1.165) is 6.07 Å². The number of benzene rings is 1. The van der Waals surface area contributed by atoms with E-state index in [0.29, 0.717) is 17.7 Å². The van der Waals surface area contributed by atoms with Crippen LogP contribution in [-0.4, -0.2) is 42.3 Å². The van der Waals surface area contributed by atoms with Gasteiger partial charge in [0, 0.05) is 36.9 Å². The number of halogens is 2. The molecule has 2 atom stereocenters. The molecule has 0 bridgehead atoms. The van der Waals surface area contributed by atoms with Gasteiger partial charge in [0.1, 0.15) is 11.6 Å². The fraction of sp³-hybridized carbons (Fsp3) is 0.533. The van der Waals surface area contributed by atoms with Crippen molar-refractivity contribution in [2.75, 3.05) is 25.2 Å². The van der Waals surface area contributed by atoms with Gasteiger partial charge < -0.3 is 15.7 Å². The van der Waals surface area contributed by atoms with Gasteiger partial charge >= 0.3 is 6.03 Å². The van der Waals surface area contributed by atoms with Crippen molar-refractivity contribution in [1.82, 2.24) is 10.6 Å². The SMILES string of the molecule is CSCC(CCO)NC(=O)NCC(C)c1ccc(F)cc1F. The number of carbonyl (C=O) groups excluding carboxylic acids is 1. The van der Waals surface area contributed by atoms with Crippen molar-refractivity contribution in [2.24, 2.45) is 0 Å². The maximum absolute atomic E-state index is 13.6. The number of carbonyl (C=O) groups is 1. The lowest BCUT2D eigenvalue weighted by Gasteiger charge is -2.19. The molecule has 0 saturated carbocycles. The number of urea groups is 1. The van der Waals surface area contributed by atoms with Crippen molar-refractivity contribution in [3.63, 3.8) is 0 Å². The summed E-state index contributed by atoms with van der Waals surface area (Å²) in [5, 5.41) is 14.4. The zero-order valence-corrected chi connectivity index (χ0v) is 13.6. The highest BCUT2D eigenvalue weighted by Crippen LogP contribution is 2.19. The summed E-state index contributed by atoms with van der Waals surface area (Å²) in [5.41, 5.74) is 0.359. The molecule has 0 aliphatic heterocycles. The van der Waals surface area contributed by atoms with Crippen molar-refractivity contribution in [1.29, 1.82) is 0 Å². The van der Waals surface area contributed by atoms with Crippen LogP contribution in [0.2, 0.25) is 0 Å². The number of aliphatic hydroxyl groups excluding tert-OH is 1. The van der Waals surface area contributed by atoms with Crippen molar-refractivity contribution in [3.8, 4) is 0 Å². The van der Waals surface area contributed by atoms with E-state index < -0.39 is 11.6 Å². The second-order valence-corrected chi connectivity index (χ2v) is 6.00. The second-order valence-electron chi connectivity index (χ2n) is 5.09. The number of amides is 2. The van der Waals surface area contributed by atoms with Gasteiger partial charge in [0.15, 0.2) is 0 Å². The monoisotopic (exact) mass is 332 g/mol. The van der Waals surface area contributed by atoms with E-state index in [1.54, 1.807) is 18.7 Å². The van der Waals surface area contributed by atoms with Crippen molar-refractivity contribution >= 4 is 17.8 Å². The van der Waals surface area contributed by atoms with Gasteiger partial charge in [-0.3, -0.25) is 0 Å². The summed E-state index contributed by atoms with van der Waals surface area (Å²) in [5.74, 6) is -0.808. The predicted molar refractivity (Wildman–Crippen MR) is 85.2 cm³/mol. The first-order valence-electron chi connectivity index (χ1n) is 7.07. The van der Waals surface area contributed by atoms with Crippen LogP contribution in [0.1, 0.15) is 24.8 Å². The quantitative estimate of drug-likeness (QED) is 0.685. The minimum Gasteiger partial charge on any atom is -0.396 e. The summed E-state index contributed by atoms with van der Waals surface area (Å²) < 4.78 is 26.5. The predicted octanol–water partition coefficient (Wildman–Crippen LogP) is 2.48. The molecular formula is C15H22F2N2O2S. The molecule has 0 aliphatic carbocycles. The Labute approximate surface area is 133 Å². The smallest absolute Gasteiger partial charge is 0.315 e. The molecule has 22 heavy (non-hydrogen) atoms. The van der Waals surface area contributed by atoms with Crippen LogP contribution in [0.3, 0.4) is 0 Å². The lowest BCUT2D eigenvalue weighted by atomic mass is 10.0. The van der Waals surface area contributed by atoms with Gasteiger partial charge in [-0.05, 0) is 24.3 Å². The molecule has 0 heterocycles. The standard InChI is InChI=1S/C15H22F2N2O2S/c1-10(13-4-3-11(16)7-14(13)17)8-18-15(21)19-12(5-6-20)9-22-2/h3-4,7,10,12,20H,5-6,8-9H2,1-2H3,(H2,18,19,21). The van der Waals surface area contributed by atoms with Gasteiger partial charge in [-0.1, -0.05) is 13.0 Å². The van der Waals surface area contributed by atoms with Gasteiger partial charge in [-0.15, -0.1) is 0 Å². The number of hydrogen-bond donors (Lipinski definition) is 3. The van der Waals surface area contributed by atoms with E-state index in [2.05, 4.69) is 10.6 Å². The Morgan fingerprint density at radius 1 is 1.41 bits per heavy atom. The zero-order valence-electron chi connectivity index (χ0n) is 12.7. The van der Waals surface area contributed by atoms with Crippen LogP contribution in [-0.2, 0) is 0 Å². The van der Waals surface area contributed by atoms with E-state index in [4.69, 9.17) is 5.11 Å². The average molecular weight is 332 g/mol. The Morgan fingerprint density at radius 3 is 2.73 bits per heavy atom. The van der Waals surface area contributed by atoms with E-state index in [9.17, 15) is 13.6 Å². The molecule has 124 valence electrons. The first-order valence-corrected chi connectivity index (χ1v) is 8.46. The van der Waals surface area contributed by atoms with E-state index in [-0.39, 0.29) is 31.1 Å². The number of rotatable bonds is 8. The molecule has 7 heteroatoms. The van der Waals surface area contributed by atoms with Gasteiger partial charge in [-0.2, -0.15) is 11.8 Å². The molecule has 4 nitrogen and oxygen atoms in total. The summed E-state index contributed by atoms with van der Waals surface area (Å²) in [6.07, 6.45) is 2.40. The highest BCUT2D eigenvalue weighted by molar-refractivity contribution is 7.98. The lowest BCUT2D eigenvalue weighted by Crippen LogP contribution is -2.44. The van der Waals surface area contributed by atoms with Crippen LogP contribution < -0.4 is 10.6 Å². The summed E-state index contributed by atoms with van der Waals surface area (Å²) in [6.45, 7) is 1.99. The maximum Gasteiger partial charge on any atom is 0.315 e. The van der Waals surface area contributed by atoms with Crippen LogP contribution in [0, 0.1) is 11.6 Å². The largest absolute Gasteiger partial charge is 0.396 e. The Kier molecular flexibility index (Phi) is 8.19. The van der Waals surface area contributed by atoms with E-state index in [1.165, 1.54) is 12.1 Å². The normalized spacial score (nSPS) is 13.5. The fourth-order valence-electron chi connectivity index (χ4n) is 2.05. The molecule has 0 saturated heterocycles. The van der Waals surface area contributed by atoms with E-state index >= 15 is 0 Å². The highest BCUT2D eigenvalue weighted by Gasteiger charge is 2.15. The molecule has 0 spiro atoms. The minimum absolute atomic E-state index is 0.00268. The number of nitrogens with one attached hydrogen (secondary N) is 2. The van der Waals surface area contributed by atoms with Crippen LogP contribution >= 0.6 is 11.8 Å². The molecule has 0 aliphatic rings. The molecule has 1 rings (SSSR count). The van der Waals surface area contributed by atoms with Crippen molar-refractivity contribution in [2.45, 2.75) is 25.3 Å². The minimum atomic E-state index is -0.622. The van der Waals surface area contributed by atoms with Crippen molar-refractivity contribution < 1.29 is 18.7 Å². The molecule has 2 amide bonds. The second kappa shape index (κ2) is 9.63. The molecule has 3 N–H and O–H groups in total. The third-order valence-corrected chi connectivity index (χ3v) is 3.98. The van der Waals surface area contributed by atoms with Crippen LogP contribution in [0.25, 0.3) is 0 Å². The lowest BCUT2D eigenvalue weighted by molar-refractivity contribution is 0.231. The van der Waals surface area contributed by atoms with Gasteiger partial charge in [0.05, 0.1) is 0 Å². The maximum atomic E-state index is 13.6. The summed E-state index contributed by atoms with van der Waals surface area (Å²) in [6, 6.07) is 2.95. The van der Waals surface area contributed by atoms with Crippen molar-refractivity contribution in [3.05, 3.63) is 35.4 Å². The van der Waals surface area contributed by atoms with Gasteiger partial charge in [0.2, 0.25) is 0 Å². The molecule has 0 radical (unpaired) electrons. The Balaban J connectivity index is 2.48. The first kappa shape index (κ1) is 18.7. The zero-order chi connectivity index (χ0) is 16.5. The van der Waals surface area contributed by atoms with Gasteiger partial charge in [-0.25, -0.2) is 13.6 Å².